The van der Waals surface area contributed by atoms with Crippen LogP contribution in [-0.2, 0) is 6.42 Å². The number of aryl methyl sites for hydroxylation is 1. The van der Waals surface area contributed by atoms with Crippen molar-refractivity contribution in [1.82, 2.24) is 4.98 Å². The Labute approximate surface area is 118 Å². The van der Waals surface area contributed by atoms with Crippen LogP contribution >= 0.6 is 11.6 Å². The third-order valence-electron chi connectivity index (χ3n) is 3.18. The summed E-state index contributed by atoms with van der Waals surface area (Å²) >= 11 is 6.06. The van der Waals surface area contributed by atoms with E-state index in [0.29, 0.717) is 5.02 Å². The number of pyridine rings is 1. The second-order valence-electron chi connectivity index (χ2n) is 4.29. The van der Waals surface area contributed by atoms with Gasteiger partial charge in [-0.2, -0.15) is 0 Å². The molecular weight excluding hydrogens is 260 g/mol. The molecule has 0 saturated heterocycles. The molecule has 2 rings (SSSR count). The van der Waals surface area contributed by atoms with Crippen molar-refractivity contribution in [2.24, 2.45) is 5.73 Å². The van der Waals surface area contributed by atoms with Gasteiger partial charge in [0, 0.05) is 23.0 Å². The molecule has 0 spiro atoms. The normalized spacial score (nSPS) is 12.2. The average molecular weight is 277 g/mol. The maximum atomic E-state index is 6.37. The molecular formula is C15H17ClN2O. The summed E-state index contributed by atoms with van der Waals surface area (Å²) in [6.07, 6.45) is 4.50. The predicted octanol–water partition coefficient (Wildman–Crippen LogP) is 3.35. The molecule has 2 aromatic rings. The molecule has 2 N–H and O–H groups in total. The predicted molar refractivity (Wildman–Crippen MR) is 77.6 cm³/mol. The van der Waals surface area contributed by atoms with E-state index in [0.717, 1.165) is 28.9 Å². The molecule has 0 amide bonds. The van der Waals surface area contributed by atoms with Gasteiger partial charge < -0.3 is 10.5 Å². The van der Waals surface area contributed by atoms with E-state index in [4.69, 9.17) is 22.1 Å². The van der Waals surface area contributed by atoms with Crippen LogP contribution in [0, 0.1) is 0 Å². The van der Waals surface area contributed by atoms with Crippen LogP contribution in [0.4, 0.5) is 0 Å². The SMILES string of the molecule is CCc1cnccc1C(N)c1cc(Cl)ccc1OC. The van der Waals surface area contributed by atoms with Crippen molar-refractivity contribution in [2.45, 2.75) is 19.4 Å². The van der Waals surface area contributed by atoms with Crippen molar-refractivity contribution in [3.8, 4) is 5.75 Å². The number of ether oxygens (including phenoxy) is 1. The number of methoxy groups -OCH3 is 1. The number of rotatable bonds is 4. The number of aromatic nitrogens is 1. The molecule has 0 fully saturated rings. The molecule has 0 aliphatic rings. The maximum absolute atomic E-state index is 6.37. The van der Waals surface area contributed by atoms with Gasteiger partial charge in [0.1, 0.15) is 5.75 Å². The summed E-state index contributed by atoms with van der Waals surface area (Å²) in [4.78, 5) is 4.14. The van der Waals surface area contributed by atoms with Crippen LogP contribution in [0.5, 0.6) is 5.75 Å². The van der Waals surface area contributed by atoms with Gasteiger partial charge in [-0.05, 0) is 41.8 Å². The minimum absolute atomic E-state index is 0.272. The summed E-state index contributed by atoms with van der Waals surface area (Å²) < 4.78 is 5.36. The molecule has 19 heavy (non-hydrogen) atoms. The Morgan fingerprint density at radius 1 is 1.32 bits per heavy atom. The zero-order valence-corrected chi connectivity index (χ0v) is 11.8. The van der Waals surface area contributed by atoms with Crippen LogP contribution in [0.1, 0.15) is 29.7 Å². The van der Waals surface area contributed by atoms with Crippen LogP contribution in [0.3, 0.4) is 0 Å². The van der Waals surface area contributed by atoms with Gasteiger partial charge in [-0.3, -0.25) is 4.98 Å². The first-order valence-corrected chi connectivity index (χ1v) is 6.57. The van der Waals surface area contributed by atoms with Gasteiger partial charge in [0.2, 0.25) is 0 Å². The Morgan fingerprint density at radius 3 is 2.79 bits per heavy atom. The van der Waals surface area contributed by atoms with Crippen molar-refractivity contribution >= 4 is 11.6 Å². The molecule has 1 aromatic carbocycles. The quantitative estimate of drug-likeness (QED) is 0.931. The molecule has 0 bridgehead atoms. The molecule has 0 aliphatic carbocycles. The van der Waals surface area contributed by atoms with Gasteiger partial charge in [0.05, 0.1) is 13.2 Å². The lowest BCUT2D eigenvalue weighted by Gasteiger charge is -2.18. The van der Waals surface area contributed by atoms with E-state index < -0.39 is 0 Å². The fourth-order valence-corrected chi connectivity index (χ4v) is 2.33. The van der Waals surface area contributed by atoms with Gasteiger partial charge in [0.15, 0.2) is 0 Å². The van der Waals surface area contributed by atoms with Crippen molar-refractivity contribution in [3.63, 3.8) is 0 Å². The Kier molecular flexibility index (Phi) is 4.40. The molecule has 100 valence electrons. The van der Waals surface area contributed by atoms with Gasteiger partial charge in [-0.1, -0.05) is 18.5 Å². The van der Waals surface area contributed by atoms with Crippen molar-refractivity contribution in [3.05, 3.63) is 58.4 Å². The van der Waals surface area contributed by atoms with Crippen molar-refractivity contribution in [2.75, 3.05) is 7.11 Å². The number of hydrogen-bond acceptors (Lipinski definition) is 3. The van der Waals surface area contributed by atoms with E-state index in [1.165, 1.54) is 0 Å². The number of nitrogens with zero attached hydrogens (tertiary/aromatic N) is 1. The van der Waals surface area contributed by atoms with E-state index in [9.17, 15) is 0 Å². The third-order valence-corrected chi connectivity index (χ3v) is 3.42. The largest absolute Gasteiger partial charge is 0.496 e. The average Bonchev–Trinajstić information content (AvgIpc) is 2.46. The third kappa shape index (κ3) is 2.88. The van der Waals surface area contributed by atoms with Crippen LogP contribution < -0.4 is 10.5 Å². The standard InChI is InChI=1S/C15H17ClN2O/c1-3-10-9-18-7-6-12(10)15(17)13-8-11(16)4-5-14(13)19-2/h4-9,15H,3,17H2,1-2H3. The first-order valence-electron chi connectivity index (χ1n) is 6.19. The highest BCUT2D eigenvalue weighted by molar-refractivity contribution is 6.30. The molecule has 1 heterocycles. The van der Waals surface area contributed by atoms with Crippen LogP contribution in [0.25, 0.3) is 0 Å². The highest BCUT2D eigenvalue weighted by Crippen LogP contribution is 2.32. The van der Waals surface area contributed by atoms with E-state index in [1.54, 1.807) is 19.4 Å². The number of hydrogen-bond donors (Lipinski definition) is 1. The molecule has 1 atom stereocenters. The van der Waals surface area contributed by atoms with Gasteiger partial charge in [0.25, 0.3) is 0 Å². The topological polar surface area (TPSA) is 48.1 Å². The van der Waals surface area contributed by atoms with Crippen LogP contribution in [0.15, 0.2) is 36.7 Å². The zero-order chi connectivity index (χ0) is 13.8. The van der Waals surface area contributed by atoms with Gasteiger partial charge in [-0.25, -0.2) is 0 Å². The van der Waals surface area contributed by atoms with E-state index in [1.807, 2.05) is 24.4 Å². The Balaban J connectivity index is 2.49. The Hall–Kier alpha value is -1.58. The van der Waals surface area contributed by atoms with Crippen molar-refractivity contribution in [1.29, 1.82) is 0 Å². The van der Waals surface area contributed by atoms with E-state index in [2.05, 4.69) is 11.9 Å². The van der Waals surface area contributed by atoms with Crippen LogP contribution in [0.2, 0.25) is 5.02 Å². The minimum Gasteiger partial charge on any atom is -0.496 e. The first kappa shape index (κ1) is 13.8. The van der Waals surface area contributed by atoms with E-state index in [-0.39, 0.29) is 6.04 Å². The second-order valence-corrected chi connectivity index (χ2v) is 4.73. The lowest BCUT2D eigenvalue weighted by atomic mass is 9.95. The number of benzene rings is 1. The van der Waals surface area contributed by atoms with Gasteiger partial charge in [-0.15, -0.1) is 0 Å². The Morgan fingerprint density at radius 2 is 2.11 bits per heavy atom. The molecule has 3 nitrogen and oxygen atoms in total. The minimum atomic E-state index is -0.272. The number of halogens is 1. The molecule has 1 aromatic heterocycles. The summed E-state index contributed by atoms with van der Waals surface area (Å²) in [5.41, 5.74) is 9.45. The number of nitrogens with two attached hydrogens (primary N) is 1. The second kappa shape index (κ2) is 6.04. The summed E-state index contributed by atoms with van der Waals surface area (Å²) in [5, 5.41) is 0.651. The van der Waals surface area contributed by atoms with Crippen LogP contribution in [-0.4, -0.2) is 12.1 Å². The summed E-state index contributed by atoms with van der Waals surface area (Å²) in [7, 11) is 1.63. The van der Waals surface area contributed by atoms with Gasteiger partial charge >= 0.3 is 0 Å². The maximum Gasteiger partial charge on any atom is 0.124 e. The monoisotopic (exact) mass is 276 g/mol. The Bertz CT molecular complexity index is 572. The fourth-order valence-electron chi connectivity index (χ4n) is 2.15. The highest BCUT2D eigenvalue weighted by atomic mass is 35.5. The molecule has 4 heteroatoms. The lowest BCUT2D eigenvalue weighted by molar-refractivity contribution is 0.408. The smallest absolute Gasteiger partial charge is 0.124 e. The first-order chi connectivity index (χ1) is 9.17. The molecule has 0 radical (unpaired) electrons. The summed E-state index contributed by atoms with van der Waals surface area (Å²) in [6, 6.07) is 7.16. The zero-order valence-electron chi connectivity index (χ0n) is 11.1. The lowest BCUT2D eigenvalue weighted by Crippen LogP contribution is -2.15. The summed E-state index contributed by atoms with van der Waals surface area (Å²) in [6.45, 7) is 2.09. The van der Waals surface area contributed by atoms with Crippen molar-refractivity contribution < 1.29 is 4.74 Å². The fraction of sp³-hybridized carbons (Fsp3) is 0.267. The molecule has 1 unspecified atom stereocenters. The van der Waals surface area contributed by atoms with E-state index >= 15 is 0 Å². The molecule has 0 aliphatic heterocycles. The molecule has 0 saturated carbocycles. The highest BCUT2D eigenvalue weighted by Gasteiger charge is 2.17. The summed E-state index contributed by atoms with van der Waals surface area (Å²) in [5.74, 6) is 0.746.